The van der Waals surface area contributed by atoms with Crippen molar-refractivity contribution < 1.29 is 62.8 Å². The SMILES string of the molecule is C=C(C)C(=O)OC(COP(=O)(O)O)(OC(=O)C(=C)C)OC(=O)C(=C)C.CCC(CO)(CO)CO. The minimum atomic E-state index is -5.10. The minimum Gasteiger partial charge on any atom is -0.396 e. The molecule has 0 saturated heterocycles. The quantitative estimate of drug-likeness (QED) is 0.0985. The number of aliphatic hydroxyl groups excluding tert-OH is 3. The summed E-state index contributed by atoms with van der Waals surface area (Å²) in [5, 5.41) is 26.0. The first-order chi connectivity index (χ1) is 15.4. The van der Waals surface area contributed by atoms with Crippen molar-refractivity contribution in [1.29, 1.82) is 0 Å². The molecule has 0 atom stereocenters. The third-order valence-corrected chi connectivity index (χ3v) is 4.42. The highest BCUT2D eigenvalue weighted by atomic mass is 31.2. The molecule has 0 aliphatic rings. The normalized spacial score (nSPS) is 11.4. The van der Waals surface area contributed by atoms with Crippen molar-refractivity contribution in [3.63, 3.8) is 0 Å². The Bertz CT molecular complexity index is 720. The number of esters is 3. The number of carbonyl (C=O) groups excluding carboxylic acids is 3. The molecule has 0 heterocycles. The second-order valence-corrected chi connectivity index (χ2v) is 8.52. The summed E-state index contributed by atoms with van der Waals surface area (Å²) in [6, 6.07) is 0. The maximum absolute atomic E-state index is 11.8. The highest BCUT2D eigenvalue weighted by Gasteiger charge is 2.46. The molecule has 0 rings (SSSR count). The maximum Gasteiger partial charge on any atom is 0.470 e. The van der Waals surface area contributed by atoms with Gasteiger partial charge in [0, 0.05) is 22.1 Å². The molecule has 5 N–H and O–H groups in total. The van der Waals surface area contributed by atoms with Crippen molar-refractivity contribution in [3.8, 4) is 0 Å². The highest BCUT2D eigenvalue weighted by molar-refractivity contribution is 7.46. The summed E-state index contributed by atoms with van der Waals surface area (Å²) < 4.78 is 29.4. The molecular formula is C20H33O13P. The Balaban J connectivity index is 0. The number of aliphatic hydroxyl groups is 3. The van der Waals surface area contributed by atoms with Gasteiger partial charge in [0.1, 0.15) is 0 Å². The molecule has 196 valence electrons. The van der Waals surface area contributed by atoms with Gasteiger partial charge in [0.15, 0.2) is 6.61 Å². The zero-order valence-corrected chi connectivity index (χ0v) is 20.5. The lowest BCUT2D eigenvalue weighted by Crippen LogP contribution is -2.48. The fourth-order valence-electron chi connectivity index (χ4n) is 1.48. The second-order valence-electron chi connectivity index (χ2n) is 7.28. The fraction of sp³-hybridized carbons (Fsp3) is 0.550. The van der Waals surface area contributed by atoms with E-state index < -0.39 is 43.7 Å². The average molecular weight is 512 g/mol. The number of phosphoric ester groups is 1. The molecular weight excluding hydrogens is 479 g/mol. The first-order valence-corrected chi connectivity index (χ1v) is 11.2. The molecule has 0 bridgehead atoms. The molecule has 0 aromatic heterocycles. The monoisotopic (exact) mass is 512 g/mol. The van der Waals surface area contributed by atoms with E-state index in [0.29, 0.717) is 6.42 Å². The lowest BCUT2D eigenvalue weighted by molar-refractivity contribution is -0.335. The van der Waals surface area contributed by atoms with Crippen molar-refractivity contribution in [2.45, 2.75) is 40.1 Å². The van der Waals surface area contributed by atoms with E-state index in [-0.39, 0.29) is 36.5 Å². The molecule has 0 saturated carbocycles. The van der Waals surface area contributed by atoms with Crippen LogP contribution in [0.2, 0.25) is 0 Å². The summed E-state index contributed by atoms with van der Waals surface area (Å²) in [4.78, 5) is 53.0. The molecule has 0 spiro atoms. The number of phosphoric acid groups is 1. The van der Waals surface area contributed by atoms with Gasteiger partial charge < -0.3 is 39.3 Å². The standard InChI is InChI=1S/C14H19O10P.C6H14O3/c1-8(2)11(15)22-14(7-21-25(18,19)20,23-12(16)9(3)4)24-13(17)10(5)6;1-2-6(3-7,4-8)5-9/h1,3,5,7H2,2,4,6H3,(H2,18,19,20);7-9H,2-5H2,1H3. The predicted octanol–water partition coefficient (Wildman–Crippen LogP) is 0.467. The largest absolute Gasteiger partial charge is 0.470 e. The van der Waals surface area contributed by atoms with E-state index in [1.165, 1.54) is 20.8 Å². The van der Waals surface area contributed by atoms with Crippen LogP contribution in [0, 0.1) is 5.41 Å². The topological polar surface area (TPSA) is 206 Å². The van der Waals surface area contributed by atoms with Gasteiger partial charge >= 0.3 is 31.7 Å². The van der Waals surface area contributed by atoms with Gasteiger partial charge in [-0.05, 0) is 27.2 Å². The van der Waals surface area contributed by atoms with Crippen LogP contribution >= 0.6 is 7.82 Å². The summed E-state index contributed by atoms with van der Waals surface area (Å²) >= 11 is 0. The van der Waals surface area contributed by atoms with Crippen LogP contribution in [0.4, 0.5) is 0 Å². The Morgan fingerprint density at radius 2 is 1.06 bits per heavy atom. The fourth-order valence-corrected chi connectivity index (χ4v) is 1.81. The van der Waals surface area contributed by atoms with Gasteiger partial charge in [0.2, 0.25) is 0 Å². The van der Waals surface area contributed by atoms with E-state index in [9.17, 15) is 18.9 Å². The molecule has 34 heavy (non-hydrogen) atoms. The van der Waals surface area contributed by atoms with Crippen molar-refractivity contribution in [1.82, 2.24) is 0 Å². The van der Waals surface area contributed by atoms with Crippen LogP contribution in [0.5, 0.6) is 0 Å². The molecule has 0 amide bonds. The van der Waals surface area contributed by atoms with E-state index in [1.807, 2.05) is 6.92 Å². The lowest BCUT2D eigenvalue weighted by Gasteiger charge is -2.31. The summed E-state index contributed by atoms with van der Waals surface area (Å²) in [6.07, 6.45) is 0.594. The molecule has 13 nitrogen and oxygen atoms in total. The van der Waals surface area contributed by atoms with Gasteiger partial charge in [0.05, 0.1) is 19.8 Å². The summed E-state index contributed by atoms with van der Waals surface area (Å²) in [5.41, 5.74) is -1.21. The number of rotatable bonds is 13. The summed E-state index contributed by atoms with van der Waals surface area (Å²) in [5.74, 6) is -6.47. The molecule has 0 fully saturated rings. The number of ether oxygens (including phenoxy) is 3. The molecule has 0 unspecified atom stereocenters. The maximum atomic E-state index is 11.8. The number of hydrogen-bond acceptors (Lipinski definition) is 11. The Kier molecular flexibility index (Phi) is 14.7. The van der Waals surface area contributed by atoms with Crippen LogP contribution in [0.15, 0.2) is 36.5 Å². The Morgan fingerprint density at radius 3 is 1.21 bits per heavy atom. The van der Waals surface area contributed by atoms with Crippen molar-refractivity contribution in [3.05, 3.63) is 36.5 Å². The molecule has 0 aliphatic heterocycles. The van der Waals surface area contributed by atoms with Crippen LogP contribution in [0.25, 0.3) is 0 Å². The van der Waals surface area contributed by atoms with Crippen molar-refractivity contribution >= 4 is 25.7 Å². The smallest absolute Gasteiger partial charge is 0.396 e. The molecule has 0 aliphatic carbocycles. The van der Waals surface area contributed by atoms with Crippen LogP contribution in [-0.4, -0.2) is 75.4 Å². The lowest BCUT2D eigenvalue weighted by atomic mass is 9.88. The van der Waals surface area contributed by atoms with Crippen LogP contribution < -0.4 is 0 Å². The van der Waals surface area contributed by atoms with E-state index in [4.69, 9.17) is 39.3 Å². The second kappa shape index (κ2) is 14.8. The number of hydrogen-bond donors (Lipinski definition) is 5. The Hall–Kier alpha value is -2.38. The van der Waals surface area contributed by atoms with E-state index in [2.05, 4.69) is 24.3 Å². The van der Waals surface area contributed by atoms with E-state index >= 15 is 0 Å². The van der Waals surface area contributed by atoms with Gasteiger partial charge in [-0.25, -0.2) is 18.9 Å². The first kappa shape index (κ1) is 33.8. The molecule has 14 heteroatoms. The third kappa shape index (κ3) is 12.8. The minimum absolute atomic E-state index is 0.156. The van der Waals surface area contributed by atoms with Crippen LogP contribution in [-0.2, 0) is 37.7 Å². The number of carbonyl (C=O) groups is 3. The van der Waals surface area contributed by atoms with Crippen molar-refractivity contribution in [2.75, 3.05) is 26.4 Å². The highest BCUT2D eigenvalue weighted by Crippen LogP contribution is 2.38. The van der Waals surface area contributed by atoms with Gasteiger partial charge in [-0.3, -0.25) is 4.52 Å². The Labute approximate surface area is 197 Å². The van der Waals surface area contributed by atoms with Crippen molar-refractivity contribution in [2.24, 2.45) is 5.41 Å². The van der Waals surface area contributed by atoms with Gasteiger partial charge in [-0.1, -0.05) is 26.7 Å². The van der Waals surface area contributed by atoms with Gasteiger partial charge in [-0.2, -0.15) is 0 Å². The summed E-state index contributed by atoms with van der Waals surface area (Å²) in [7, 11) is -5.10. The molecule has 0 radical (unpaired) electrons. The van der Waals surface area contributed by atoms with Crippen LogP contribution in [0.1, 0.15) is 34.1 Å². The van der Waals surface area contributed by atoms with Gasteiger partial charge in [0.25, 0.3) is 0 Å². The first-order valence-electron chi connectivity index (χ1n) is 9.63. The molecule has 0 aromatic rings. The third-order valence-electron chi connectivity index (χ3n) is 3.96. The molecule has 0 aromatic carbocycles. The summed E-state index contributed by atoms with van der Waals surface area (Å²) in [6.45, 7) is 13.6. The zero-order chi connectivity index (χ0) is 27.3. The van der Waals surface area contributed by atoms with Gasteiger partial charge in [-0.15, -0.1) is 0 Å². The van der Waals surface area contributed by atoms with E-state index in [0.717, 1.165) is 0 Å². The Morgan fingerprint density at radius 1 is 0.765 bits per heavy atom. The average Bonchev–Trinajstić information content (AvgIpc) is 2.74. The van der Waals surface area contributed by atoms with E-state index in [1.54, 1.807) is 0 Å². The van der Waals surface area contributed by atoms with Crippen LogP contribution in [0.3, 0.4) is 0 Å². The zero-order valence-electron chi connectivity index (χ0n) is 19.6. The predicted molar refractivity (Wildman–Crippen MR) is 117 cm³/mol.